The Morgan fingerprint density at radius 3 is 1.54 bits per heavy atom. The SMILES string of the molecule is O=c1c2ccccc2nc(-c2ccc(OS(=O)(=O)[O-])cc2)n1CCCCCn1nncc1Cn1c(-c2ccc(OS(=O)(=O)[O-])cc2)nc2ccccc2c1=O.[Na+].[Na+]. The Hall–Kier alpha value is -4.28. The summed E-state index contributed by atoms with van der Waals surface area (Å²) in [5, 5.41) is 9.14. The van der Waals surface area contributed by atoms with E-state index >= 15 is 0 Å². The van der Waals surface area contributed by atoms with Crippen LogP contribution in [0.25, 0.3) is 44.6 Å². The predicted molar refractivity (Wildman–Crippen MR) is 197 cm³/mol. The molecule has 0 unspecified atom stereocenters. The van der Waals surface area contributed by atoms with Crippen molar-refractivity contribution in [3.05, 3.63) is 130 Å². The molecule has 21 heteroatoms. The fraction of sp³-hybridized carbons (Fsp3) is 0.167. The quantitative estimate of drug-likeness (QED) is 0.0483. The fourth-order valence-electron chi connectivity index (χ4n) is 6.15. The van der Waals surface area contributed by atoms with E-state index in [9.17, 15) is 35.5 Å². The summed E-state index contributed by atoms with van der Waals surface area (Å²) in [7, 11) is -9.93. The molecule has 3 heterocycles. The fourth-order valence-corrected chi connectivity index (χ4v) is 6.84. The summed E-state index contributed by atoms with van der Waals surface area (Å²) in [5.74, 6) is 0.297. The maximum atomic E-state index is 13.8. The zero-order valence-electron chi connectivity index (χ0n) is 30.6. The second-order valence-corrected chi connectivity index (χ2v) is 14.3. The average Bonchev–Trinajstić information content (AvgIpc) is 3.59. The maximum Gasteiger partial charge on any atom is 1.00 e. The van der Waals surface area contributed by atoms with Crippen LogP contribution in [-0.2, 0) is 40.4 Å². The molecule has 3 aromatic heterocycles. The Kier molecular flexibility index (Phi) is 14.3. The van der Waals surface area contributed by atoms with Gasteiger partial charge in [-0.2, -0.15) is 0 Å². The molecule has 0 amide bonds. The number of unbranched alkanes of at least 4 members (excludes halogenated alkanes) is 2. The topological polar surface area (TPSA) is 233 Å². The smallest absolute Gasteiger partial charge is 0.716 e. The molecule has 7 aromatic rings. The minimum Gasteiger partial charge on any atom is -0.716 e. The van der Waals surface area contributed by atoms with Crippen LogP contribution in [0, 0.1) is 0 Å². The Morgan fingerprint density at radius 1 is 0.579 bits per heavy atom. The number of benzene rings is 4. The van der Waals surface area contributed by atoms with Crippen molar-refractivity contribution in [2.75, 3.05) is 0 Å². The summed E-state index contributed by atoms with van der Waals surface area (Å²) in [6.07, 6.45) is 3.44. The van der Waals surface area contributed by atoms with Crippen molar-refractivity contribution in [3.63, 3.8) is 0 Å². The molecule has 0 saturated carbocycles. The summed E-state index contributed by atoms with van der Waals surface area (Å²) in [6.45, 7) is 0.811. The van der Waals surface area contributed by atoms with Crippen molar-refractivity contribution < 1.29 is 93.4 Å². The second-order valence-electron chi connectivity index (χ2n) is 12.3. The molecule has 7 rings (SSSR count). The summed E-state index contributed by atoms with van der Waals surface area (Å²) in [4.78, 5) is 36.9. The Balaban J connectivity index is 0.00000310. The predicted octanol–water partition coefficient (Wildman–Crippen LogP) is -2.36. The van der Waals surface area contributed by atoms with Gasteiger partial charge in [-0.15, -0.1) is 5.10 Å². The number of nitrogens with zero attached hydrogens (tertiary/aromatic N) is 7. The van der Waals surface area contributed by atoms with Crippen LogP contribution in [-0.4, -0.2) is 60.0 Å². The van der Waals surface area contributed by atoms with Crippen LogP contribution in [0.15, 0.2) is 113 Å². The van der Waals surface area contributed by atoms with Crippen LogP contribution in [0.3, 0.4) is 0 Å². The molecule has 4 aromatic carbocycles. The van der Waals surface area contributed by atoms with E-state index in [4.69, 9.17) is 9.97 Å². The number of aryl methyl sites for hydroxylation is 1. The van der Waals surface area contributed by atoms with Gasteiger partial charge in [0.1, 0.15) is 23.1 Å². The van der Waals surface area contributed by atoms with Gasteiger partial charge in [0.2, 0.25) is 0 Å². The molecular weight excluding hydrogens is 801 g/mol. The molecule has 0 fully saturated rings. The number of para-hydroxylation sites is 2. The molecule has 0 atom stereocenters. The van der Waals surface area contributed by atoms with Gasteiger partial charge in [-0.3, -0.25) is 18.7 Å². The van der Waals surface area contributed by atoms with Gasteiger partial charge in [-0.25, -0.2) is 31.5 Å². The van der Waals surface area contributed by atoms with Crippen molar-refractivity contribution in [2.24, 2.45) is 0 Å². The average molecular weight is 830 g/mol. The minimum absolute atomic E-state index is 0. The van der Waals surface area contributed by atoms with Crippen molar-refractivity contribution >= 4 is 42.6 Å². The van der Waals surface area contributed by atoms with E-state index in [1.54, 1.807) is 64.0 Å². The molecule has 17 nitrogen and oxygen atoms in total. The van der Waals surface area contributed by atoms with Crippen LogP contribution >= 0.6 is 0 Å². The Bertz CT molecular complexity index is 2890. The van der Waals surface area contributed by atoms with E-state index < -0.39 is 20.8 Å². The van der Waals surface area contributed by atoms with Crippen molar-refractivity contribution in [1.29, 1.82) is 0 Å². The molecule has 0 N–H and O–H groups in total. The number of hydrogen-bond acceptors (Lipinski definition) is 14. The largest absolute Gasteiger partial charge is 1.00 e. The summed E-state index contributed by atoms with van der Waals surface area (Å²) in [5.41, 5.74) is 1.98. The second kappa shape index (κ2) is 18.5. The van der Waals surface area contributed by atoms with Gasteiger partial charge in [0, 0.05) is 24.2 Å². The van der Waals surface area contributed by atoms with Gasteiger partial charge < -0.3 is 17.5 Å². The molecule has 0 saturated heterocycles. The van der Waals surface area contributed by atoms with Gasteiger partial charge in [0.15, 0.2) is 0 Å². The Labute approximate surface area is 369 Å². The van der Waals surface area contributed by atoms with Gasteiger partial charge in [0.05, 0.1) is 40.2 Å². The Morgan fingerprint density at radius 2 is 1.04 bits per heavy atom. The minimum atomic E-state index is -4.98. The maximum absolute atomic E-state index is 13.8. The third-order valence-electron chi connectivity index (χ3n) is 8.61. The van der Waals surface area contributed by atoms with Gasteiger partial charge in [0.25, 0.3) is 31.9 Å². The van der Waals surface area contributed by atoms with Crippen LogP contribution in [0.1, 0.15) is 25.0 Å². The monoisotopic (exact) mass is 829 g/mol. The molecule has 0 aliphatic carbocycles. The number of aromatic nitrogens is 7. The van der Waals surface area contributed by atoms with Crippen molar-refractivity contribution in [2.45, 2.75) is 38.9 Å². The third-order valence-corrected chi connectivity index (χ3v) is 9.41. The first-order valence-electron chi connectivity index (χ1n) is 16.7. The summed E-state index contributed by atoms with van der Waals surface area (Å²) >= 11 is 0. The molecule has 57 heavy (non-hydrogen) atoms. The van der Waals surface area contributed by atoms with Crippen LogP contribution in [0.2, 0.25) is 0 Å². The van der Waals surface area contributed by atoms with Gasteiger partial charge >= 0.3 is 59.1 Å². The van der Waals surface area contributed by atoms with Crippen molar-refractivity contribution in [1.82, 2.24) is 34.1 Å². The van der Waals surface area contributed by atoms with Crippen LogP contribution in [0.5, 0.6) is 11.5 Å². The van der Waals surface area contributed by atoms with E-state index in [0.717, 1.165) is 0 Å². The number of rotatable bonds is 14. The van der Waals surface area contributed by atoms with E-state index in [2.05, 4.69) is 18.7 Å². The van der Waals surface area contributed by atoms with E-state index in [0.29, 0.717) is 76.8 Å². The van der Waals surface area contributed by atoms with Crippen LogP contribution < -0.4 is 78.6 Å². The molecule has 0 radical (unpaired) electrons. The number of hydrogen-bond donors (Lipinski definition) is 0. The van der Waals surface area contributed by atoms with Crippen molar-refractivity contribution in [3.8, 4) is 34.3 Å². The standard InChI is InChI=1S/C36H31N7O10S2.2Na/c44-35-29-8-2-4-10-31(29)38-33(24-12-16-27(17-13-24)52-54(46,47)48)41(35)20-6-1-7-21-43-26(22-37-40-43)23-42-34(39-32-11-5-3-9-30(32)36(42)45)25-14-18-28(19-15-25)53-55(49,50)51;;/h2-5,8-19,22H,1,6-7,20-21,23H2,(H,46,47,48)(H,49,50,51);;/q;2*+1/p-2. The zero-order chi connectivity index (χ0) is 38.7. The van der Waals surface area contributed by atoms with E-state index in [-0.39, 0.29) is 94.1 Å². The van der Waals surface area contributed by atoms with Gasteiger partial charge in [-0.05, 0) is 92.1 Å². The normalized spacial score (nSPS) is 11.5. The van der Waals surface area contributed by atoms with Crippen LogP contribution in [0.4, 0.5) is 0 Å². The molecular formula is C36H29N7Na2O10S2. The third kappa shape index (κ3) is 10.6. The molecule has 0 aliphatic rings. The molecule has 0 bridgehead atoms. The van der Waals surface area contributed by atoms with E-state index in [1.807, 2.05) is 0 Å². The summed E-state index contributed by atoms with van der Waals surface area (Å²) in [6, 6.07) is 25.1. The first-order valence-corrected chi connectivity index (χ1v) is 19.4. The van der Waals surface area contributed by atoms with Gasteiger partial charge in [-0.1, -0.05) is 29.5 Å². The molecule has 0 spiro atoms. The first kappa shape index (κ1) is 43.8. The van der Waals surface area contributed by atoms with E-state index in [1.165, 1.54) is 53.1 Å². The first-order chi connectivity index (χ1) is 26.3. The molecule has 282 valence electrons. The molecule has 0 aliphatic heterocycles. The zero-order valence-corrected chi connectivity index (χ0v) is 36.2. The summed E-state index contributed by atoms with van der Waals surface area (Å²) < 4.78 is 79.8. The number of fused-ring (bicyclic) bond motifs is 2.